The molecule has 4 aromatic rings. The van der Waals surface area contributed by atoms with E-state index in [1.807, 2.05) is 19.1 Å². The fraction of sp³-hybridized carbons (Fsp3) is 0.0588. The first-order valence-corrected chi connectivity index (χ1v) is 7.31. The van der Waals surface area contributed by atoms with Crippen molar-refractivity contribution in [2.45, 2.75) is 6.92 Å². The number of aromatic nitrogens is 5. The molecule has 0 radical (unpaired) electrons. The Kier molecular flexibility index (Phi) is 3.19. The summed E-state index contributed by atoms with van der Waals surface area (Å²) < 4.78 is 15.5. The Bertz CT molecular complexity index is 1060. The van der Waals surface area contributed by atoms with Crippen molar-refractivity contribution in [1.29, 1.82) is 0 Å². The molecule has 0 saturated carbocycles. The van der Waals surface area contributed by atoms with Crippen molar-refractivity contribution in [3.8, 4) is 22.6 Å². The van der Waals surface area contributed by atoms with Crippen LogP contribution in [0.5, 0.6) is 0 Å². The van der Waals surface area contributed by atoms with Crippen molar-refractivity contribution in [1.82, 2.24) is 24.6 Å². The third kappa shape index (κ3) is 2.36. The van der Waals surface area contributed by atoms with E-state index in [-0.39, 0.29) is 11.4 Å². The zero-order valence-electron chi connectivity index (χ0n) is 12.8. The Hall–Kier alpha value is -3.35. The topological polar surface area (TPSA) is 82.0 Å². The van der Waals surface area contributed by atoms with Crippen LogP contribution in [0.4, 0.5) is 10.1 Å². The molecular formula is C17H13FN6. The first-order valence-electron chi connectivity index (χ1n) is 7.31. The SMILES string of the molecule is Cc1cccnc1-c1cnc2nc(-c3cc(N)ccc3F)nn2c1. The molecule has 6 nitrogen and oxygen atoms in total. The zero-order valence-corrected chi connectivity index (χ0v) is 12.8. The minimum atomic E-state index is -0.430. The number of rotatable bonds is 2. The van der Waals surface area contributed by atoms with Gasteiger partial charge in [-0.1, -0.05) is 6.07 Å². The van der Waals surface area contributed by atoms with Gasteiger partial charge < -0.3 is 5.73 Å². The largest absolute Gasteiger partial charge is 0.399 e. The predicted octanol–water partition coefficient (Wildman–Crippen LogP) is 2.88. The molecule has 3 aromatic heterocycles. The predicted molar refractivity (Wildman–Crippen MR) is 88.6 cm³/mol. The summed E-state index contributed by atoms with van der Waals surface area (Å²) in [7, 11) is 0. The molecule has 0 aliphatic carbocycles. The molecule has 0 saturated heterocycles. The maximum Gasteiger partial charge on any atom is 0.252 e. The molecule has 7 heteroatoms. The van der Waals surface area contributed by atoms with Gasteiger partial charge in [0.15, 0.2) is 5.82 Å². The number of nitrogens with two attached hydrogens (primary N) is 1. The van der Waals surface area contributed by atoms with Gasteiger partial charge in [-0.2, -0.15) is 4.98 Å². The highest BCUT2D eigenvalue weighted by molar-refractivity contribution is 5.65. The van der Waals surface area contributed by atoms with Gasteiger partial charge in [0.05, 0.1) is 11.3 Å². The van der Waals surface area contributed by atoms with Crippen molar-refractivity contribution < 1.29 is 4.39 Å². The zero-order chi connectivity index (χ0) is 16.7. The Morgan fingerprint density at radius 1 is 1.17 bits per heavy atom. The molecule has 118 valence electrons. The lowest BCUT2D eigenvalue weighted by molar-refractivity contribution is 0.630. The summed E-state index contributed by atoms with van der Waals surface area (Å²) >= 11 is 0. The van der Waals surface area contributed by atoms with Crippen molar-refractivity contribution in [2.75, 3.05) is 5.73 Å². The van der Waals surface area contributed by atoms with Gasteiger partial charge in [0.1, 0.15) is 5.82 Å². The number of benzene rings is 1. The van der Waals surface area contributed by atoms with E-state index in [0.717, 1.165) is 16.8 Å². The van der Waals surface area contributed by atoms with Crippen LogP contribution in [0.3, 0.4) is 0 Å². The third-order valence-corrected chi connectivity index (χ3v) is 3.71. The monoisotopic (exact) mass is 320 g/mol. The molecular weight excluding hydrogens is 307 g/mol. The van der Waals surface area contributed by atoms with Gasteiger partial charge in [-0.05, 0) is 36.8 Å². The number of hydrogen-bond acceptors (Lipinski definition) is 5. The summed E-state index contributed by atoms with van der Waals surface area (Å²) in [4.78, 5) is 12.9. The second-order valence-electron chi connectivity index (χ2n) is 5.43. The van der Waals surface area contributed by atoms with Gasteiger partial charge in [-0.25, -0.2) is 13.9 Å². The molecule has 24 heavy (non-hydrogen) atoms. The average Bonchev–Trinajstić information content (AvgIpc) is 3.00. The summed E-state index contributed by atoms with van der Waals surface area (Å²) in [5, 5.41) is 4.32. The van der Waals surface area contributed by atoms with Gasteiger partial charge in [0.2, 0.25) is 0 Å². The molecule has 0 bridgehead atoms. The molecule has 0 spiro atoms. The Morgan fingerprint density at radius 3 is 2.88 bits per heavy atom. The van der Waals surface area contributed by atoms with Crippen molar-refractivity contribution in [3.05, 3.63) is 60.3 Å². The maximum absolute atomic E-state index is 14.0. The first-order chi connectivity index (χ1) is 11.6. The van der Waals surface area contributed by atoms with Crippen molar-refractivity contribution in [2.24, 2.45) is 0 Å². The van der Waals surface area contributed by atoms with Crippen LogP contribution >= 0.6 is 0 Å². The van der Waals surface area contributed by atoms with E-state index in [0.29, 0.717) is 11.5 Å². The highest BCUT2D eigenvalue weighted by Crippen LogP contribution is 2.24. The number of nitrogens with zero attached hydrogens (tertiary/aromatic N) is 5. The lowest BCUT2D eigenvalue weighted by Crippen LogP contribution is -1.95. The summed E-state index contributed by atoms with van der Waals surface area (Å²) in [6.07, 6.45) is 5.18. The Morgan fingerprint density at radius 2 is 2.04 bits per heavy atom. The van der Waals surface area contributed by atoms with E-state index in [1.54, 1.807) is 18.6 Å². The van der Waals surface area contributed by atoms with Crippen molar-refractivity contribution >= 4 is 11.5 Å². The van der Waals surface area contributed by atoms with Crippen LogP contribution in [0.2, 0.25) is 0 Å². The lowest BCUT2D eigenvalue weighted by atomic mass is 10.1. The van der Waals surface area contributed by atoms with E-state index in [4.69, 9.17) is 5.73 Å². The standard InChI is InChI=1S/C17H13FN6/c1-10-3-2-6-20-15(10)11-8-21-17-22-16(23-24(17)9-11)13-7-12(19)4-5-14(13)18/h2-9H,19H2,1H3. The molecule has 0 amide bonds. The van der Waals surface area contributed by atoms with Crippen LogP contribution in [-0.2, 0) is 0 Å². The van der Waals surface area contributed by atoms with E-state index < -0.39 is 5.82 Å². The fourth-order valence-electron chi connectivity index (χ4n) is 2.52. The second kappa shape index (κ2) is 5.38. The van der Waals surface area contributed by atoms with Crippen LogP contribution in [0.25, 0.3) is 28.4 Å². The summed E-state index contributed by atoms with van der Waals surface area (Å²) in [5.74, 6) is 0.187. The van der Waals surface area contributed by atoms with Crippen molar-refractivity contribution in [3.63, 3.8) is 0 Å². The molecule has 1 aromatic carbocycles. The smallest absolute Gasteiger partial charge is 0.252 e. The number of nitrogen functional groups attached to an aromatic ring is 1. The Labute approximate surface area is 136 Å². The minimum Gasteiger partial charge on any atom is -0.399 e. The number of halogens is 1. The van der Waals surface area contributed by atoms with Crippen LogP contribution in [-0.4, -0.2) is 24.6 Å². The number of pyridine rings is 1. The summed E-state index contributed by atoms with van der Waals surface area (Å²) in [6, 6.07) is 8.15. The normalized spacial score (nSPS) is 11.1. The van der Waals surface area contributed by atoms with Crippen LogP contribution < -0.4 is 5.73 Å². The first kappa shape index (κ1) is 14.3. The van der Waals surface area contributed by atoms with Crippen LogP contribution in [0.1, 0.15) is 5.56 Å². The average molecular weight is 320 g/mol. The molecule has 3 heterocycles. The van der Waals surface area contributed by atoms with Gasteiger partial charge in [-0.15, -0.1) is 5.10 Å². The van der Waals surface area contributed by atoms with E-state index in [2.05, 4.69) is 20.1 Å². The number of aryl methyl sites for hydroxylation is 1. The molecule has 0 aliphatic heterocycles. The van der Waals surface area contributed by atoms with Gasteiger partial charge in [-0.3, -0.25) is 4.98 Å². The van der Waals surface area contributed by atoms with Gasteiger partial charge >= 0.3 is 0 Å². The number of fused-ring (bicyclic) bond motifs is 1. The maximum atomic E-state index is 14.0. The molecule has 0 aliphatic rings. The third-order valence-electron chi connectivity index (χ3n) is 3.71. The Balaban J connectivity index is 1.85. The van der Waals surface area contributed by atoms with Gasteiger partial charge in [0, 0.05) is 29.8 Å². The molecule has 0 fully saturated rings. The molecule has 0 unspecified atom stereocenters. The molecule has 2 N–H and O–H groups in total. The lowest BCUT2D eigenvalue weighted by Gasteiger charge is -2.03. The van der Waals surface area contributed by atoms with Crippen LogP contribution in [0, 0.1) is 12.7 Å². The summed E-state index contributed by atoms with van der Waals surface area (Å²) in [6.45, 7) is 1.97. The van der Waals surface area contributed by atoms with E-state index >= 15 is 0 Å². The number of anilines is 1. The van der Waals surface area contributed by atoms with Gasteiger partial charge in [0.25, 0.3) is 5.78 Å². The summed E-state index contributed by atoms with van der Waals surface area (Å²) in [5.41, 5.74) is 9.07. The van der Waals surface area contributed by atoms with E-state index in [9.17, 15) is 4.39 Å². The fourth-order valence-corrected chi connectivity index (χ4v) is 2.52. The molecule has 4 rings (SSSR count). The quantitative estimate of drug-likeness (QED) is 0.574. The molecule has 0 atom stereocenters. The van der Waals surface area contributed by atoms with Crippen LogP contribution in [0.15, 0.2) is 48.9 Å². The highest BCUT2D eigenvalue weighted by Gasteiger charge is 2.13. The highest BCUT2D eigenvalue weighted by atomic mass is 19.1. The number of hydrogen-bond donors (Lipinski definition) is 1. The minimum absolute atomic E-state index is 0.238. The second-order valence-corrected chi connectivity index (χ2v) is 5.43. The van der Waals surface area contributed by atoms with E-state index in [1.165, 1.54) is 22.7 Å².